The number of hydrogen-bond donors (Lipinski definition) is 1. The van der Waals surface area contributed by atoms with Crippen LogP contribution in [0, 0.1) is 34.9 Å². The number of nitriles is 1. The lowest BCUT2D eigenvalue weighted by Crippen LogP contribution is -2.39. The predicted molar refractivity (Wildman–Crippen MR) is 98.1 cm³/mol. The summed E-state index contributed by atoms with van der Waals surface area (Å²) in [4.78, 5) is 25.5. The summed E-state index contributed by atoms with van der Waals surface area (Å²) in [6.07, 6.45) is 4.91. The second-order valence-electron chi connectivity index (χ2n) is 7.11. The number of anilines is 1. The van der Waals surface area contributed by atoms with Crippen molar-refractivity contribution in [2.75, 3.05) is 12.3 Å². The van der Waals surface area contributed by atoms with Gasteiger partial charge < -0.3 is 15.4 Å². The Bertz CT molecular complexity index is 719. The molecule has 0 bridgehead atoms. The molecule has 0 spiro atoms. The Kier molecular flexibility index (Phi) is 6.51. The Morgan fingerprint density at radius 3 is 2.81 bits per heavy atom. The molecule has 2 N–H and O–H groups in total. The zero-order valence-corrected chi connectivity index (χ0v) is 15.1. The molecule has 0 saturated carbocycles. The summed E-state index contributed by atoms with van der Waals surface area (Å²) in [5.41, 5.74) is 6.37. The molecule has 3 unspecified atom stereocenters. The fourth-order valence-corrected chi connectivity index (χ4v) is 3.26. The van der Waals surface area contributed by atoms with Crippen LogP contribution < -0.4 is 5.73 Å². The second-order valence-corrected chi connectivity index (χ2v) is 7.11. The number of rotatable bonds is 6. The Hall–Kier alpha value is -2.68. The predicted octanol–water partition coefficient (Wildman–Crippen LogP) is 3.02. The fourth-order valence-electron chi connectivity index (χ4n) is 3.26. The Morgan fingerprint density at radius 1 is 1.50 bits per heavy atom. The minimum atomic E-state index is -0.598. The van der Waals surface area contributed by atoms with Crippen LogP contribution in [0.5, 0.6) is 0 Å². The van der Waals surface area contributed by atoms with Crippen LogP contribution in [0.2, 0.25) is 0 Å². The smallest absolute Gasteiger partial charge is 0.230 e. The summed E-state index contributed by atoms with van der Waals surface area (Å²) in [5, 5.41) is 9.30. The molecule has 0 aliphatic carbocycles. The largest absolute Gasteiger partial charge is 0.398 e. The summed E-state index contributed by atoms with van der Waals surface area (Å²) in [6, 6.07) is 5.95. The lowest BCUT2D eigenvalue weighted by molar-refractivity contribution is -0.134. The standard InChI is InChI=1S/C20H24FN3O2/c1-13(2)8-15(6-7-17-18(21)4-3-5-19(17)23)20(26)24-11-14(12-25)9-16(24)10-22/h3-7,12-16H,8-9,11,23H2,1-2H3/b7-6+. The summed E-state index contributed by atoms with van der Waals surface area (Å²) in [6.45, 7) is 4.24. The van der Waals surface area contributed by atoms with E-state index in [0.717, 1.165) is 6.29 Å². The number of likely N-dealkylation sites (tertiary alicyclic amines) is 1. The highest BCUT2D eigenvalue weighted by Crippen LogP contribution is 2.27. The Balaban J connectivity index is 2.27. The van der Waals surface area contributed by atoms with E-state index in [1.807, 2.05) is 13.8 Å². The molecule has 138 valence electrons. The van der Waals surface area contributed by atoms with Crippen LogP contribution >= 0.6 is 0 Å². The normalized spacial score (nSPS) is 21.1. The quantitative estimate of drug-likeness (QED) is 0.626. The van der Waals surface area contributed by atoms with Crippen molar-refractivity contribution in [3.8, 4) is 6.07 Å². The van der Waals surface area contributed by atoms with E-state index in [9.17, 15) is 19.2 Å². The van der Waals surface area contributed by atoms with Crippen LogP contribution in [-0.2, 0) is 9.59 Å². The zero-order chi connectivity index (χ0) is 19.3. The topological polar surface area (TPSA) is 87.2 Å². The maximum absolute atomic E-state index is 14.0. The van der Waals surface area contributed by atoms with Gasteiger partial charge in [-0.1, -0.05) is 32.1 Å². The minimum Gasteiger partial charge on any atom is -0.398 e. The van der Waals surface area contributed by atoms with E-state index in [4.69, 9.17) is 5.73 Å². The van der Waals surface area contributed by atoms with E-state index in [1.54, 1.807) is 12.1 Å². The fraction of sp³-hybridized carbons (Fsp3) is 0.450. The van der Waals surface area contributed by atoms with Crippen molar-refractivity contribution in [2.24, 2.45) is 17.8 Å². The van der Waals surface area contributed by atoms with E-state index >= 15 is 0 Å². The molecule has 5 nitrogen and oxygen atoms in total. The molecule has 1 aliphatic rings. The first-order valence-corrected chi connectivity index (χ1v) is 8.75. The molecule has 6 heteroatoms. The maximum atomic E-state index is 14.0. The molecule has 0 aromatic heterocycles. The van der Waals surface area contributed by atoms with Crippen LogP contribution in [0.1, 0.15) is 32.3 Å². The van der Waals surface area contributed by atoms with E-state index in [1.165, 1.54) is 23.1 Å². The third kappa shape index (κ3) is 4.48. The third-order valence-electron chi connectivity index (χ3n) is 4.58. The number of nitrogens with zero attached hydrogens (tertiary/aromatic N) is 2. The summed E-state index contributed by atoms with van der Waals surface area (Å²) < 4.78 is 14.0. The summed E-state index contributed by atoms with van der Waals surface area (Å²) in [7, 11) is 0. The molecule has 1 heterocycles. The monoisotopic (exact) mass is 357 g/mol. The van der Waals surface area contributed by atoms with Gasteiger partial charge in [0.05, 0.1) is 12.0 Å². The molecule has 3 atom stereocenters. The average molecular weight is 357 g/mol. The van der Waals surface area contributed by atoms with Crippen LogP contribution in [0.25, 0.3) is 6.08 Å². The highest BCUT2D eigenvalue weighted by molar-refractivity contribution is 5.83. The summed E-state index contributed by atoms with van der Waals surface area (Å²) >= 11 is 0. The molecule has 1 aromatic carbocycles. The van der Waals surface area contributed by atoms with Gasteiger partial charge in [-0.2, -0.15) is 5.26 Å². The summed E-state index contributed by atoms with van der Waals surface area (Å²) in [5.74, 6) is -1.24. The van der Waals surface area contributed by atoms with Gasteiger partial charge in [-0.3, -0.25) is 4.79 Å². The van der Waals surface area contributed by atoms with Gasteiger partial charge in [-0.05, 0) is 30.9 Å². The number of nitrogen functional groups attached to an aromatic ring is 1. The van der Waals surface area contributed by atoms with Gasteiger partial charge in [-0.15, -0.1) is 0 Å². The van der Waals surface area contributed by atoms with Crippen molar-refractivity contribution in [1.29, 1.82) is 5.26 Å². The lowest BCUT2D eigenvalue weighted by Gasteiger charge is -2.25. The number of nitrogens with two attached hydrogens (primary N) is 1. The second kappa shape index (κ2) is 8.61. The Morgan fingerprint density at radius 2 is 2.23 bits per heavy atom. The first-order chi connectivity index (χ1) is 12.4. The number of halogens is 1. The van der Waals surface area contributed by atoms with Gasteiger partial charge in [0.15, 0.2) is 0 Å². The van der Waals surface area contributed by atoms with Crippen molar-refractivity contribution in [1.82, 2.24) is 4.90 Å². The molecule has 0 radical (unpaired) electrons. The van der Waals surface area contributed by atoms with E-state index in [2.05, 4.69) is 6.07 Å². The van der Waals surface area contributed by atoms with Gasteiger partial charge in [0, 0.05) is 23.7 Å². The molecule has 1 aromatic rings. The average Bonchev–Trinajstić information content (AvgIpc) is 3.02. The van der Waals surface area contributed by atoms with Gasteiger partial charge in [0.1, 0.15) is 18.1 Å². The van der Waals surface area contributed by atoms with E-state index in [-0.39, 0.29) is 29.9 Å². The van der Waals surface area contributed by atoms with Gasteiger partial charge >= 0.3 is 0 Å². The highest BCUT2D eigenvalue weighted by Gasteiger charge is 2.37. The van der Waals surface area contributed by atoms with Crippen LogP contribution in [-0.4, -0.2) is 29.7 Å². The van der Waals surface area contributed by atoms with Crippen molar-refractivity contribution < 1.29 is 14.0 Å². The van der Waals surface area contributed by atoms with Crippen molar-refractivity contribution in [3.63, 3.8) is 0 Å². The van der Waals surface area contributed by atoms with Crippen molar-refractivity contribution in [3.05, 3.63) is 35.7 Å². The number of hydrogen-bond acceptors (Lipinski definition) is 4. The maximum Gasteiger partial charge on any atom is 0.230 e. The van der Waals surface area contributed by atoms with Crippen molar-refractivity contribution >= 4 is 24.0 Å². The lowest BCUT2D eigenvalue weighted by atomic mass is 9.94. The van der Waals surface area contributed by atoms with Gasteiger partial charge in [0.2, 0.25) is 5.91 Å². The van der Waals surface area contributed by atoms with Gasteiger partial charge in [-0.25, -0.2) is 4.39 Å². The molecule has 1 aliphatic heterocycles. The molecule has 1 saturated heterocycles. The molecular formula is C20H24FN3O2. The van der Waals surface area contributed by atoms with E-state index in [0.29, 0.717) is 18.5 Å². The molecule has 1 amide bonds. The zero-order valence-electron chi connectivity index (χ0n) is 15.1. The molecule has 2 rings (SSSR count). The van der Waals surface area contributed by atoms with Gasteiger partial charge in [0.25, 0.3) is 0 Å². The number of carbonyl (C=O) groups is 2. The Labute approximate surface area is 153 Å². The molecule has 1 fully saturated rings. The van der Waals surface area contributed by atoms with E-state index < -0.39 is 17.8 Å². The first kappa shape index (κ1) is 19.6. The molecule has 26 heavy (non-hydrogen) atoms. The van der Waals surface area contributed by atoms with Crippen molar-refractivity contribution in [2.45, 2.75) is 32.7 Å². The van der Waals surface area contributed by atoms with Crippen LogP contribution in [0.3, 0.4) is 0 Å². The third-order valence-corrected chi connectivity index (χ3v) is 4.58. The number of amides is 1. The highest BCUT2D eigenvalue weighted by atomic mass is 19.1. The minimum absolute atomic E-state index is 0.208. The molecular weight excluding hydrogens is 333 g/mol. The first-order valence-electron chi connectivity index (χ1n) is 8.75. The SMILES string of the molecule is CC(C)CC(/C=C/c1c(N)cccc1F)C(=O)N1CC(C=O)CC1C#N. The number of benzene rings is 1. The van der Waals surface area contributed by atoms with Crippen LogP contribution in [0.4, 0.5) is 10.1 Å². The number of aldehydes is 1. The van der Waals surface area contributed by atoms with Crippen LogP contribution in [0.15, 0.2) is 24.3 Å². The number of carbonyl (C=O) groups excluding carboxylic acids is 2.